The van der Waals surface area contributed by atoms with Gasteiger partial charge in [-0.15, -0.1) is 0 Å². The lowest BCUT2D eigenvalue weighted by atomic mass is 10.0. The SMILES string of the molecule is CNc1nc(C)cc(-c2cccc3ccncc23)n1. The largest absolute Gasteiger partial charge is 0.357 e. The second-order valence-corrected chi connectivity index (χ2v) is 4.37. The van der Waals surface area contributed by atoms with Crippen molar-refractivity contribution < 1.29 is 0 Å². The van der Waals surface area contributed by atoms with Crippen molar-refractivity contribution in [2.24, 2.45) is 0 Å². The summed E-state index contributed by atoms with van der Waals surface area (Å²) in [6.45, 7) is 1.97. The van der Waals surface area contributed by atoms with E-state index in [-0.39, 0.29) is 0 Å². The first kappa shape index (κ1) is 11.6. The monoisotopic (exact) mass is 250 g/mol. The molecule has 0 amide bonds. The van der Waals surface area contributed by atoms with Crippen LogP contribution in [0.5, 0.6) is 0 Å². The molecular formula is C15H14N4. The predicted molar refractivity (Wildman–Crippen MR) is 77.1 cm³/mol. The molecule has 1 N–H and O–H groups in total. The molecule has 0 aliphatic heterocycles. The van der Waals surface area contributed by atoms with E-state index in [1.807, 2.05) is 38.4 Å². The van der Waals surface area contributed by atoms with Crippen molar-refractivity contribution in [3.05, 3.63) is 48.4 Å². The molecule has 0 spiro atoms. The summed E-state index contributed by atoms with van der Waals surface area (Å²) in [6, 6.07) is 10.2. The molecule has 4 heteroatoms. The van der Waals surface area contributed by atoms with Crippen molar-refractivity contribution >= 4 is 16.7 Å². The molecule has 94 valence electrons. The van der Waals surface area contributed by atoms with Crippen molar-refractivity contribution in [2.45, 2.75) is 6.92 Å². The lowest BCUT2D eigenvalue weighted by Gasteiger charge is -2.08. The molecule has 3 rings (SSSR count). The fraction of sp³-hybridized carbons (Fsp3) is 0.133. The van der Waals surface area contributed by atoms with Gasteiger partial charge in [-0.3, -0.25) is 4.98 Å². The molecule has 2 heterocycles. The quantitative estimate of drug-likeness (QED) is 0.759. The van der Waals surface area contributed by atoms with Crippen LogP contribution >= 0.6 is 0 Å². The van der Waals surface area contributed by atoms with E-state index in [2.05, 4.69) is 32.4 Å². The zero-order chi connectivity index (χ0) is 13.2. The molecule has 0 saturated heterocycles. The van der Waals surface area contributed by atoms with Gasteiger partial charge in [0.15, 0.2) is 0 Å². The third-order valence-corrected chi connectivity index (χ3v) is 3.04. The third-order valence-electron chi connectivity index (χ3n) is 3.04. The van der Waals surface area contributed by atoms with Gasteiger partial charge >= 0.3 is 0 Å². The van der Waals surface area contributed by atoms with Crippen molar-refractivity contribution in [1.29, 1.82) is 0 Å². The number of rotatable bonds is 2. The van der Waals surface area contributed by atoms with E-state index in [1.54, 1.807) is 6.20 Å². The van der Waals surface area contributed by atoms with Crippen molar-refractivity contribution in [1.82, 2.24) is 15.0 Å². The highest BCUT2D eigenvalue weighted by Gasteiger charge is 2.07. The van der Waals surface area contributed by atoms with Crippen molar-refractivity contribution in [3.8, 4) is 11.3 Å². The van der Waals surface area contributed by atoms with Crippen LogP contribution in [0, 0.1) is 6.92 Å². The number of fused-ring (bicyclic) bond motifs is 1. The van der Waals surface area contributed by atoms with Gasteiger partial charge in [0.1, 0.15) is 0 Å². The van der Waals surface area contributed by atoms with E-state index in [9.17, 15) is 0 Å². The van der Waals surface area contributed by atoms with Gasteiger partial charge in [0.2, 0.25) is 5.95 Å². The standard InChI is InChI=1S/C15H14N4/c1-10-8-14(19-15(16-2)18-10)12-5-3-4-11-6-7-17-9-13(11)12/h3-9H,1-2H3,(H,16,18,19). The number of benzene rings is 1. The average Bonchev–Trinajstić information content (AvgIpc) is 2.46. The molecule has 3 aromatic rings. The van der Waals surface area contributed by atoms with E-state index in [0.717, 1.165) is 27.7 Å². The summed E-state index contributed by atoms with van der Waals surface area (Å²) in [6.07, 6.45) is 3.68. The number of aromatic nitrogens is 3. The molecule has 19 heavy (non-hydrogen) atoms. The minimum absolute atomic E-state index is 0.635. The average molecular weight is 250 g/mol. The van der Waals surface area contributed by atoms with Crippen LogP contribution in [-0.2, 0) is 0 Å². The Bertz CT molecular complexity index is 732. The van der Waals surface area contributed by atoms with Gasteiger partial charge < -0.3 is 5.32 Å². The highest BCUT2D eigenvalue weighted by Crippen LogP contribution is 2.27. The molecule has 1 aromatic carbocycles. The maximum Gasteiger partial charge on any atom is 0.223 e. The van der Waals surface area contributed by atoms with Crippen LogP contribution < -0.4 is 5.32 Å². The highest BCUT2D eigenvalue weighted by atomic mass is 15.1. The van der Waals surface area contributed by atoms with Gasteiger partial charge in [0.05, 0.1) is 5.69 Å². The summed E-state index contributed by atoms with van der Waals surface area (Å²) >= 11 is 0. The smallest absolute Gasteiger partial charge is 0.223 e. The Labute approximate surface area is 111 Å². The number of aryl methyl sites for hydroxylation is 1. The van der Waals surface area contributed by atoms with Gasteiger partial charge in [-0.25, -0.2) is 9.97 Å². The molecule has 4 nitrogen and oxygen atoms in total. The summed E-state index contributed by atoms with van der Waals surface area (Å²) in [5.74, 6) is 0.635. The number of hydrogen-bond donors (Lipinski definition) is 1. The zero-order valence-electron chi connectivity index (χ0n) is 10.9. The second-order valence-electron chi connectivity index (χ2n) is 4.37. The van der Waals surface area contributed by atoms with Crippen LogP contribution in [0.3, 0.4) is 0 Å². The van der Waals surface area contributed by atoms with Crippen molar-refractivity contribution in [2.75, 3.05) is 12.4 Å². The van der Waals surface area contributed by atoms with Crippen LogP contribution in [0.2, 0.25) is 0 Å². The Morgan fingerprint density at radius 1 is 1.11 bits per heavy atom. The number of anilines is 1. The third kappa shape index (κ3) is 2.12. The van der Waals surface area contributed by atoms with Crippen LogP contribution in [0.15, 0.2) is 42.7 Å². The number of nitrogens with zero attached hydrogens (tertiary/aromatic N) is 3. The summed E-state index contributed by atoms with van der Waals surface area (Å²) in [4.78, 5) is 13.0. The lowest BCUT2D eigenvalue weighted by molar-refractivity contribution is 1.10. The van der Waals surface area contributed by atoms with Gasteiger partial charge in [-0.1, -0.05) is 18.2 Å². The second kappa shape index (κ2) is 4.65. The molecule has 0 unspecified atom stereocenters. The first-order valence-corrected chi connectivity index (χ1v) is 6.14. The maximum atomic E-state index is 4.52. The first-order valence-electron chi connectivity index (χ1n) is 6.14. The van der Waals surface area contributed by atoms with Gasteiger partial charge in [-0.2, -0.15) is 0 Å². The Morgan fingerprint density at radius 3 is 2.84 bits per heavy atom. The molecule has 0 radical (unpaired) electrons. The molecule has 0 saturated carbocycles. The lowest BCUT2D eigenvalue weighted by Crippen LogP contribution is -1.99. The predicted octanol–water partition coefficient (Wildman–Crippen LogP) is 3.04. The first-order chi connectivity index (χ1) is 9.28. The fourth-order valence-corrected chi connectivity index (χ4v) is 2.16. The fourth-order valence-electron chi connectivity index (χ4n) is 2.16. The van der Waals surface area contributed by atoms with Crippen LogP contribution in [0.25, 0.3) is 22.0 Å². The van der Waals surface area contributed by atoms with E-state index in [0.29, 0.717) is 5.95 Å². The maximum absolute atomic E-state index is 4.52. The van der Waals surface area contributed by atoms with E-state index in [4.69, 9.17) is 0 Å². The van der Waals surface area contributed by atoms with E-state index < -0.39 is 0 Å². The normalized spacial score (nSPS) is 10.6. The Kier molecular flexibility index (Phi) is 2.83. The topological polar surface area (TPSA) is 50.7 Å². The van der Waals surface area contributed by atoms with Gasteiger partial charge in [0.25, 0.3) is 0 Å². The summed E-state index contributed by atoms with van der Waals surface area (Å²) in [5, 5.41) is 5.25. The molecule has 0 fully saturated rings. The minimum atomic E-state index is 0.635. The molecule has 0 atom stereocenters. The molecule has 2 aromatic heterocycles. The highest BCUT2D eigenvalue weighted by molar-refractivity contribution is 5.95. The molecule has 0 aliphatic carbocycles. The van der Waals surface area contributed by atoms with Crippen LogP contribution in [-0.4, -0.2) is 22.0 Å². The van der Waals surface area contributed by atoms with Crippen molar-refractivity contribution in [3.63, 3.8) is 0 Å². The Hall–Kier alpha value is -2.49. The number of hydrogen-bond acceptors (Lipinski definition) is 4. The van der Waals surface area contributed by atoms with E-state index in [1.165, 1.54) is 0 Å². The Balaban J connectivity index is 2.27. The summed E-state index contributed by atoms with van der Waals surface area (Å²) < 4.78 is 0. The molecule has 0 aliphatic rings. The summed E-state index contributed by atoms with van der Waals surface area (Å²) in [7, 11) is 1.82. The van der Waals surface area contributed by atoms with Gasteiger partial charge in [-0.05, 0) is 24.4 Å². The van der Waals surface area contributed by atoms with Crippen LogP contribution in [0.4, 0.5) is 5.95 Å². The Morgan fingerprint density at radius 2 is 2.00 bits per heavy atom. The van der Waals surface area contributed by atoms with Crippen LogP contribution in [0.1, 0.15) is 5.69 Å². The zero-order valence-corrected chi connectivity index (χ0v) is 10.9. The molecule has 0 bridgehead atoms. The number of nitrogens with one attached hydrogen (secondary N) is 1. The number of pyridine rings is 1. The molecular weight excluding hydrogens is 236 g/mol. The minimum Gasteiger partial charge on any atom is -0.357 e. The summed E-state index contributed by atoms with van der Waals surface area (Å²) in [5.41, 5.74) is 2.93. The van der Waals surface area contributed by atoms with E-state index >= 15 is 0 Å². The van der Waals surface area contributed by atoms with Gasteiger partial charge in [0, 0.05) is 36.1 Å².